The fraction of sp³-hybridized carbons (Fsp3) is 1.00. The van der Waals surface area contributed by atoms with Gasteiger partial charge in [-0.1, -0.05) is 12.7 Å². The van der Waals surface area contributed by atoms with Crippen molar-refractivity contribution in [3.8, 4) is 0 Å². The maximum absolute atomic E-state index is 10.2. The Labute approximate surface area is 90.9 Å². The highest BCUT2D eigenvalue weighted by Crippen LogP contribution is 2.41. The number of ether oxygens (including phenoxy) is 2. The third kappa shape index (κ3) is 2.27. The average Bonchev–Trinajstić information content (AvgIpc) is 2.43. The monoisotopic (exact) mass is 216 g/mol. The molecule has 0 bridgehead atoms. The Morgan fingerprint density at radius 3 is 2.71 bits per heavy atom. The minimum absolute atomic E-state index is 0.0100. The smallest absolute Gasteiger partial charge is 0.124 e. The summed E-state index contributed by atoms with van der Waals surface area (Å²) < 4.78 is 10.3. The minimum atomic E-state index is -0.896. The molecule has 2 radical (unpaired) electrons. The molecule has 5 heteroatoms. The summed E-state index contributed by atoms with van der Waals surface area (Å²) in [6, 6.07) is 0. The quantitative estimate of drug-likeness (QED) is 0.693. The van der Waals surface area contributed by atoms with Gasteiger partial charge < -0.3 is 14.6 Å². The van der Waals surface area contributed by atoms with Gasteiger partial charge in [-0.25, -0.2) is 0 Å². The van der Waals surface area contributed by atoms with Gasteiger partial charge in [0.25, 0.3) is 0 Å². The summed E-state index contributed by atoms with van der Waals surface area (Å²) in [5, 5.41) is 10.4. The van der Waals surface area contributed by atoms with Crippen molar-refractivity contribution >= 4 is 19.6 Å². The van der Waals surface area contributed by atoms with Crippen LogP contribution in [0, 0.1) is 0 Å². The Morgan fingerprint density at radius 2 is 2.29 bits per heavy atom. The molecular weight excluding hydrogens is 199 g/mol. The van der Waals surface area contributed by atoms with Crippen LogP contribution in [0.15, 0.2) is 0 Å². The van der Waals surface area contributed by atoms with Crippen molar-refractivity contribution in [2.24, 2.45) is 0 Å². The maximum atomic E-state index is 10.2. The van der Waals surface area contributed by atoms with E-state index < -0.39 is 5.60 Å². The van der Waals surface area contributed by atoms with Crippen molar-refractivity contribution in [3.63, 3.8) is 0 Å². The number of methoxy groups -OCH3 is 2. The van der Waals surface area contributed by atoms with E-state index in [1.165, 1.54) is 0 Å². The fourth-order valence-electron chi connectivity index (χ4n) is 1.87. The van der Waals surface area contributed by atoms with Crippen LogP contribution >= 0.6 is 11.8 Å². The second-order valence-electron chi connectivity index (χ2n) is 3.83. The summed E-state index contributed by atoms with van der Waals surface area (Å²) in [5.74, 6) is 0.627. The normalized spacial score (nSPS) is 40.0. The fourth-order valence-corrected chi connectivity index (χ4v) is 3.44. The standard InChI is InChI=1S/C9H17BO3S/c1-6(10)7-8(13-3)9(11,4-12-2)5-14-7/h6-8,11H,4-5H2,1-3H3/t6-,7?,8?,9-/m1/s1. The van der Waals surface area contributed by atoms with Crippen LogP contribution in [-0.4, -0.2) is 56.5 Å². The molecule has 1 N–H and O–H groups in total. The van der Waals surface area contributed by atoms with Gasteiger partial charge in [0.15, 0.2) is 0 Å². The van der Waals surface area contributed by atoms with Crippen molar-refractivity contribution in [3.05, 3.63) is 0 Å². The SMILES string of the molecule is [B][C@H](C)C1SC[C@](O)(COC)C1OC. The largest absolute Gasteiger partial charge is 0.384 e. The highest BCUT2D eigenvalue weighted by atomic mass is 32.2. The zero-order valence-corrected chi connectivity index (χ0v) is 9.71. The predicted octanol–water partition coefficient (Wildman–Crippen LogP) is 0.471. The Balaban J connectivity index is 2.72. The van der Waals surface area contributed by atoms with Gasteiger partial charge in [0.2, 0.25) is 0 Å². The number of thioether (sulfide) groups is 1. The van der Waals surface area contributed by atoms with E-state index >= 15 is 0 Å². The van der Waals surface area contributed by atoms with Gasteiger partial charge in [-0.2, -0.15) is 11.8 Å². The topological polar surface area (TPSA) is 38.7 Å². The predicted molar refractivity (Wildman–Crippen MR) is 59.0 cm³/mol. The number of aliphatic hydroxyl groups is 1. The van der Waals surface area contributed by atoms with Crippen molar-refractivity contribution in [1.29, 1.82) is 0 Å². The molecular formula is C9H17BO3S. The molecule has 80 valence electrons. The first-order valence-corrected chi connectivity index (χ1v) is 5.71. The van der Waals surface area contributed by atoms with Gasteiger partial charge >= 0.3 is 0 Å². The summed E-state index contributed by atoms with van der Waals surface area (Å²) in [5.41, 5.74) is -0.896. The third-order valence-electron chi connectivity index (χ3n) is 2.52. The summed E-state index contributed by atoms with van der Waals surface area (Å²) in [6.45, 7) is 2.23. The van der Waals surface area contributed by atoms with Crippen molar-refractivity contribution in [1.82, 2.24) is 0 Å². The molecule has 2 unspecified atom stereocenters. The average molecular weight is 216 g/mol. The third-order valence-corrected chi connectivity index (χ3v) is 4.25. The first-order valence-electron chi connectivity index (χ1n) is 4.66. The minimum Gasteiger partial charge on any atom is -0.384 e. The highest BCUT2D eigenvalue weighted by Gasteiger charge is 2.49. The Hall–Kier alpha value is 0.295. The molecule has 1 fully saturated rings. The van der Waals surface area contributed by atoms with E-state index in [0.29, 0.717) is 12.4 Å². The van der Waals surface area contributed by atoms with Gasteiger partial charge in [-0.15, -0.1) is 0 Å². The Bertz CT molecular complexity index is 191. The lowest BCUT2D eigenvalue weighted by atomic mass is 9.80. The molecule has 0 spiro atoms. The molecule has 1 saturated heterocycles. The Kier molecular flexibility index (Phi) is 4.31. The maximum Gasteiger partial charge on any atom is 0.124 e. The molecule has 0 aliphatic carbocycles. The van der Waals surface area contributed by atoms with Gasteiger partial charge in [0, 0.05) is 25.2 Å². The van der Waals surface area contributed by atoms with Gasteiger partial charge in [0.1, 0.15) is 11.7 Å². The summed E-state index contributed by atoms with van der Waals surface area (Å²) in [7, 11) is 9.01. The summed E-state index contributed by atoms with van der Waals surface area (Å²) >= 11 is 1.65. The molecule has 3 nitrogen and oxygen atoms in total. The van der Waals surface area contributed by atoms with Crippen LogP contribution in [-0.2, 0) is 9.47 Å². The molecule has 1 aliphatic heterocycles. The van der Waals surface area contributed by atoms with E-state index in [2.05, 4.69) is 0 Å². The van der Waals surface area contributed by atoms with Crippen molar-refractivity contribution in [2.75, 3.05) is 26.6 Å². The molecule has 1 aliphatic rings. The van der Waals surface area contributed by atoms with Crippen LogP contribution in [0.3, 0.4) is 0 Å². The molecule has 0 aromatic rings. The first kappa shape index (κ1) is 12.4. The van der Waals surface area contributed by atoms with Crippen LogP contribution in [0.2, 0.25) is 5.82 Å². The van der Waals surface area contributed by atoms with Crippen LogP contribution in [0.25, 0.3) is 0 Å². The zero-order chi connectivity index (χ0) is 10.8. The lowest BCUT2D eigenvalue weighted by molar-refractivity contribution is -0.105. The lowest BCUT2D eigenvalue weighted by Gasteiger charge is -2.31. The molecule has 14 heavy (non-hydrogen) atoms. The molecule has 0 aromatic carbocycles. The van der Waals surface area contributed by atoms with E-state index in [9.17, 15) is 5.11 Å². The van der Waals surface area contributed by atoms with Crippen LogP contribution in [0.5, 0.6) is 0 Å². The zero-order valence-electron chi connectivity index (χ0n) is 8.90. The molecule has 0 amide bonds. The molecule has 1 heterocycles. The number of hydrogen-bond donors (Lipinski definition) is 1. The van der Waals surface area contributed by atoms with Crippen LogP contribution in [0.4, 0.5) is 0 Å². The lowest BCUT2D eigenvalue weighted by Crippen LogP contribution is -2.49. The van der Waals surface area contributed by atoms with E-state index in [1.54, 1.807) is 26.0 Å². The van der Waals surface area contributed by atoms with E-state index in [4.69, 9.17) is 17.3 Å². The number of hydrogen-bond acceptors (Lipinski definition) is 4. The van der Waals surface area contributed by atoms with Gasteiger partial charge in [-0.3, -0.25) is 0 Å². The van der Waals surface area contributed by atoms with E-state index in [0.717, 1.165) is 0 Å². The van der Waals surface area contributed by atoms with Gasteiger partial charge in [0.05, 0.1) is 14.5 Å². The van der Waals surface area contributed by atoms with Crippen LogP contribution < -0.4 is 0 Å². The van der Waals surface area contributed by atoms with E-state index in [1.807, 2.05) is 6.92 Å². The first-order chi connectivity index (χ1) is 6.55. The second-order valence-corrected chi connectivity index (χ2v) is 4.99. The molecule has 1 rings (SSSR count). The second kappa shape index (κ2) is 4.88. The van der Waals surface area contributed by atoms with Crippen molar-refractivity contribution in [2.45, 2.75) is 29.7 Å². The highest BCUT2D eigenvalue weighted by molar-refractivity contribution is 8.00. The van der Waals surface area contributed by atoms with E-state index in [-0.39, 0.29) is 17.2 Å². The summed E-state index contributed by atoms with van der Waals surface area (Å²) in [4.78, 5) is 0. The van der Waals surface area contributed by atoms with Crippen molar-refractivity contribution < 1.29 is 14.6 Å². The Morgan fingerprint density at radius 1 is 1.64 bits per heavy atom. The molecule has 0 saturated carbocycles. The number of rotatable bonds is 4. The molecule has 4 atom stereocenters. The van der Waals surface area contributed by atoms with Gasteiger partial charge in [-0.05, 0) is 0 Å². The summed E-state index contributed by atoms with van der Waals surface area (Å²) in [6.07, 6.45) is -0.243. The van der Waals surface area contributed by atoms with Crippen LogP contribution in [0.1, 0.15) is 6.92 Å². The molecule has 0 aromatic heterocycles.